The fraction of sp³-hybridized carbons (Fsp3) is 0.692. The van der Waals surface area contributed by atoms with Crippen LogP contribution in [-0.2, 0) is 4.79 Å². The molecule has 0 saturated carbocycles. The zero-order chi connectivity index (χ0) is 15.2. The Balaban J connectivity index is 2.12. The summed E-state index contributed by atoms with van der Waals surface area (Å²) >= 11 is 0. The Morgan fingerprint density at radius 3 is 2.67 bits per heavy atom. The Morgan fingerprint density at radius 2 is 2.00 bits per heavy atom. The molecule has 0 atom stereocenters. The van der Waals surface area contributed by atoms with Gasteiger partial charge in [-0.3, -0.25) is 4.79 Å². The van der Waals surface area contributed by atoms with Gasteiger partial charge >= 0.3 is 0 Å². The van der Waals surface area contributed by atoms with Crippen molar-refractivity contribution >= 4 is 23.8 Å². The third kappa shape index (κ3) is 4.17. The first-order valence-corrected chi connectivity index (χ1v) is 7.34. The van der Waals surface area contributed by atoms with Gasteiger partial charge in [0.25, 0.3) is 0 Å². The van der Waals surface area contributed by atoms with Crippen molar-refractivity contribution in [2.24, 2.45) is 0 Å². The van der Waals surface area contributed by atoms with E-state index in [0.717, 1.165) is 25.9 Å². The Hall–Kier alpha value is -2.12. The SMILES string of the molecule is CCNC(=O)CN(C)c1nc(N)nc(N2CCCCC2)n1. The van der Waals surface area contributed by atoms with Crippen molar-refractivity contribution in [3.8, 4) is 0 Å². The van der Waals surface area contributed by atoms with Crippen LogP contribution in [0.25, 0.3) is 0 Å². The fourth-order valence-corrected chi connectivity index (χ4v) is 2.31. The van der Waals surface area contributed by atoms with Crippen LogP contribution in [0, 0.1) is 0 Å². The molecule has 21 heavy (non-hydrogen) atoms. The molecule has 1 aromatic rings. The maximum atomic E-state index is 11.6. The van der Waals surface area contributed by atoms with E-state index in [0.29, 0.717) is 18.4 Å². The Kier molecular flexibility index (Phi) is 5.13. The lowest BCUT2D eigenvalue weighted by molar-refractivity contribution is -0.119. The van der Waals surface area contributed by atoms with Crippen LogP contribution < -0.4 is 20.9 Å². The van der Waals surface area contributed by atoms with Gasteiger partial charge in [0.05, 0.1) is 6.54 Å². The van der Waals surface area contributed by atoms with E-state index in [-0.39, 0.29) is 18.4 Å². The number of hydrogen-bond acceptors (Lipinski definition) is 7. The monoisotopic (exact) mass is 293 g/mol. The van der Waals surface area contributed by atoms with E-state index in [1.807, 2.05) is 6.92 Å². The van der Waals surface area contributed by atoms with Gasteiger partial charge < -0.3 is 20.9 Å². The molecule has 0 aliphatic carbocycles. The number of anilines is 3. The number of nitrogens with two attached hydrogens (primary N) is 1. The van der Waals surface area contributed by atoms with E-state index in [4.69, 9.17) is 5.73 Å². The van der Waals surface area contributed by atoms with Crippen molar-refractivity contribution < 1.29 is 4.79 Å². The number of amides is 1. The minimum absolute atomic E-state index is 0.0708. The second kappa shape index (κ2) is 7.05. The van der Waals surface area contributed by atoms with E-state index in [1.165, 1.54) is 6.42 Å². The van der Waals surface area contributed by atoms with Gasteiger partial charge in [0, 0.05) is 26.7 Å². The van der Waals surface area contributed by atoms with E-state index >= 15 is 0 Å². The van der Waals surface area contributed by atoms with Crippen molar-refractivity contribution in [2.75, 3.05) is 48.8 Å². The summed E-state index contributed by atoms with van der Waals surface area (Å²) in [5, 5.41) is 2.75. The van der Waals surface area contributed by atoms with Gasteiger partial charge in [-0.2, -0.15) is 15.0 Å². The second-order valence-electron chi connectivity index (χ2n) is 5.15. The largest absolute Gasteiger partial charge is 0.368 e. The zero-order valence-corrected chi connectivity index (χ0v) is 12.7. The molecular formula is C13H23N7O. The first kappa shape index (κ1) is 15.3. The number of hydrogen-bond donors (Lipinski definition) is 2. The Labute approximate surface area is 124 Å². The summed E-state index contributed by atoms with van der Waals surface area (Å²) in [5.74, 6) is 1.14. The third-order valence-electron chi connectivity index (χ3n) is 3.36. The van der Waals surface area contributed by atoms with Gasteiger partial charge in [-0.05, 0) is 26.2 Å². The van der Waals surface area contributed by atoms with Gasteiger partial charge in [-0.25, -0.2) is 0 Å². The minimum atomic E-state index is -0.0708. The van der Waals surface area contributed by atoms with Crippen LogP contribution in [0.1, 0.15) is 26.2 Å². The zero-order valence-electron chi connectivity index (χ0n) is 12.7. The summed E-state index contributed by atoms with van der Waals surface area (Å²) in [6, 6.07) is 0. The normalized spacial score (nSPS) is 14.9. The summed E-state index contributed by atoms with van der Waals surface area (Å²) in [6.45, 7) is 4.54. The van der Waals surface area contributed by atoms with E-state index < -0.39 is 0 Å². The molecule has 2 rings (SSSR count). The van der Waals surface area contributed by atoms with Gasteiger partial charge in [0.15, 0.2) is 0 Å². The molecule has 0 spiro atoms. The molecule has 8 nitrogen and oxygen atoms in total. The molecule has 2 heterocycles. The molecule has 1 aliphatic heterocycles. The highest BCUT2D eigenvalue weighted by molar-refractivity contribution is 5.80. The predicted molar refractivity (Wildman–Crippen MR) is 82.3 cm³/mol. The lowest BCUT2D eigenvalue weighted by Crippen LogP contribution is -2.36. The number of nitrogens with zero attached hydrogens (tertiary/aromatic N) is 5. The van der Waals surface area contributed by atoms with Crippen LogP contribution in [0.2, 0.25) is 0 Å². The van der Waals surface area contributed by atoms with E-state index in [2.05, 4.69) is 25.2 Å². The summed E-state index contributed by atoms with van der Waals surface area (Å²) in [4.78, 5) is 28.2. The summed E-state index contributed by atoms with van der Waals surface area (Å²) in [5.41, 5.74) is 5.78. The number of nitrogens with one attached hydrogen (secondary N) is 1. The molecule has 1 aliphatic rings. The standard InChI is InChI=1S/C13H23N7O/c1-3-15-10(21)9-19(2)12-16-11(14)17-13(18-12)20-7-5-4-6-8-20/h3-9H2,1-2H3,(H,15,21)(H2,14,16,17,18). The van der Waals surface area contributed by atoms with Crippen LogP contribution >= 0.6 is 0 Å². The minimum Gasteiger partial charge on any atom is -0.368 e. The topological polar surface area (TPSA) is 100 Å². The van der Waals surface area contributed by atoms with Crippen LogP contribution in [-0.4, -0.2) is 54.1 Å². The quantitative estimate of drug-likeness (QED) is 0.789. The first-order valence-electron chi connectivity index (χ1n) is 7.34. The molecule has 116 valence electrons. The number of carbonyl (C=O) groups is 1. The molecule has 0 radical (unpaired) electrons. The highest BCUT2D eigenvalue weighted by Gasteiger charge is 2.17. The third-order valence-corrected chi connectivity index (χ3v) is 3.36. The van der Waals surface area contributed by atoms with Crippen molar-refractivity contribution in [3.05, 3.63) is 0 Å². The van der Waals surface area contributed by atoms with Gasteiger partial charge in [0.2, 0.25) is 23.8 Å². The summed E-state index contributed by atoms with van der Waals surface area (Å²) < 4.78 is 0. The van der Waals surface area contributed by atoms with Crippen LogP contribution in [0.4, 0.5) is 17.8 Å². The molecule has 1 aromatic heterocycles. The molecule has 8 heteroatoms. The number of rotatable bonds is 5. The first-order chi connectivity index (χ1) is 10.1. The van der Waals surface area contributed by atoms with Crippen LogP contribution in [0.5, 0.6) is 0 Å². The van der Waals surface area contributed by atoms with Crippen LogP contribution in [0.3, 0.4) is 0 Å². The number of piperidine rings is 1. The van der Waals surface area contributed by atoms with Gasteiger partial charge in [-0.15, -0.1) is 0 Å². The number of likely N-dealkylation sites (N-methyl/N-ethyl adjacent to an activating group) is 2. The average Bonchev–Trinajstić information content (AvgIpc) is 2.47. The van der Waals surface area contributed by atoms with Crippen molar-refractivity contribution in [3.63, 3.8) is 0 Å². The highest BCUT2D eigenvalue weighted by atomic mass is 16.2. The lowest BCUT2D eigenvalue weighted by atomic mass is 10.1. The van der Waals surface area contributed by atoms with E-state index in [1.54, 1.807) is 11.9 Å². The van der Waals surface area contributed by atoms with E-state index in [9.17, 15) is 4.79 Å². The molecule has 1 saturated heterocycles. The number of carbonyl (C=O) groups excluding carboxylic acids is 1. The van der Waals surface area contributed by atoms with Gasteiger partial charge in [0.1, 0.15) is 0 Å². The highest BCUT2D eigenvalue weighted by Crippen LogP contribution is 2.18. The maximum Gasteiger partial charge on any atom is 0.239 e. The van der Waals surface area contributed by atoms with Crippen molar-refractivity contribution in [2.45, 2.75) is 26.2 Å². The molecule has 1 amide bonds. The van der Waals surface area contributed by atoms with Crippen molar-refractivity contribution in [1.82, 2.24) is 20.3 Å². The smallest absolute Gasteiger partial charge is 0.239 e. The summed E-state index contributed by atoms with van der Waals surface area (Å²) in [7, 11) is 1.77. The Morgan fingerprint density at radius 1 is 1.29 bits per heavy atom. The van der Waals surface area contributed by atoms with Gasteiger partial charge in [-0.1, -0.05) is 0 Å². The maximum absolute atomic E-state index is 11.6. The second-order valence-corrected chi connectivity index (χ2v) is 5.15. The Bertz CT molecular complexity index is 487. The van der Waals surface area contributed by atoms with Crippen molar-refractivity contribution in [1.29, 1.82) is 0 Å². The van der Waals surface area contributed by atoms with Crippen LogP contribution in [0.15, 0.2) is 0 Å². The molecule has 0 aromatic carbocycles. The molecule has 0 bridgehead atoms. The number of nitrogen functional groups attached to an aromatic ring is 1. The fourth-order valence-electron chi connectivity index (χ4n) is 2.31. The summed E-state index contributed by atoms with van der Waals surface area (Å²) in [6.07, 6.45) is 3.51. The number of aromatic nitrogens is 3. The molecule has 0 unspecified atom stereocenters. The molecule has 3 N–H and O–H groups in total. The molecular weight excluding hydrogens is 270 g/mol. The lowest BCUT2D eigenvalue weighted by Gasteiger charge is -2.27. The average molecular weight is 293 g/mol. The predicted octanol–water partition coefficient (Wildman–Crippen LogP) is 0.0164. The molecule has 1 fully saturated rings.